The zero-order valence-corrected chi connectivity index (χ0v) is 7.94. The van der Waals surface area contributed by atoms with Crippen molar-refractivity contribution in [1.82, 2.24) is 4.98 Å². The van der Waals surface area contributed by atoms with Gasteiger partial charge in [-0.15, -0.1) is 0 Å². The Morgan fingerprint density at radius 2 is 2.46 bits per heavy atom. The third-order valence-electron chi connectivity index (χ3n) is 2.62. The van der Waals surface area contributed by atoms with Crippen molar-refractivity contribution in [2.75, 3.05) is 0 Å². The fraction of sp³-hybridized carbons (Fsp3) is 0.500. The molecule has 0 aliphatic carbocycles. The quantitative estimate of drug-likeness (QED) is 0.633. The molecule has 13 heavy (non-hydrogen) atoms. The molecule has 2 rings (SSSR count). The van der Waals surface area contributed by atoms with Crippen LogP contribution in [0.3, 0.4) is 0 Å². The lowest BCUT2D eigenvalue weighted by Crippen LogP contribution is -2.05. The van der Waals surface area contributed by atoms with Crippen LogP contribution in [-0.4, -0.2) is 18.9 Å². The Labute approximate surface area is 79.7 Å². The minimum atomic E-state index is 0.290. The van der Waals surface area contributed by atoms with E-state index in [0.717, 1.165) is 12.7 Å². The van der Waals surface area contributed by atoms with Crippen LogP contribution in [0.2, 0.25) is 6.32 Å². The number of aromatic nitrogens is 1. The highest BCUT2D eigenvalue weighted by molar-refractivity contribution is 6.08. The molecule has 1 aliphatic heterocycles. The standard InChI is InChI=1S/C10H14BNO/c11-6-9-3-4-10(13-9)8-2-1-5-12-7-8/h1-2,5,7,9-10H,3-4,6,11H2. The Kier molecular flexibility index (Phi) is 2.64. The van der Waals surface area contributed by atoms with Gasteiger partial charge < -0.3 is 4.74 Å². The Hall–Kier alpha value is -0.825. The summed E-state index contributed by atoms with van der Waals surface area (Å²) in [6, 6.07) is 4.06. The first-order chi connectivity index (χ1) is 6.40. The minimum absolute atomic E-state index is 0.290. The molecule has 2 atom stereocenters. The van der Waals surface area contributed by atoms with Crippen LogP contribution in [0, 0.1) is 0 Å². The summed E-state index contributed by atoms with van der Waals surface area (Å²) >= 11 is 0. The van der Waals surface area contributed by atoms with Crippen molar-refractivity contribution < 1.29 is 4.74 Å². The summed E-state index contributed by atoms with van der Waals surface area (Å²) in [6.07, 6.45) is 7.92. The minimum Gasteiger partial charge on any atom is -0.371 e. The fourth-order valence-electron chi connectivity index (χ4n) is 1.82. The molecule has 2 nitrogen and oxygen atoms in total. The summed E-state index contributed by atoms with van der Waals surface area (Å²) in [7, 11) is 2.18. The van der Waals surface area contributed by atoms with Gasteiger partial charge in [0.15, 0.2) is 0 Å². The lowest BCUT2D eigenvalue weighted by molar-refractivity contribution is 0.0557. The predicted octanol–water partition coefficient (Wildman–Crippen LogP) is 1.35. The van der Waals surface area contributed by atoms with E-state index in [0.29, 0.717) is 12.2 Å². The summed E-state index contributed by atoms with van der Waals surface area (Å²) < 4.78 is 5.86. The summed E-state index contributed by atoms with van der Waals surface area (Å²) in [6.45, 7) is 0. The third-order valence-corrected chi connectivity index (χ3v) is 2.62. The Balaban J connectivity index is 2.04. The second-order valence-electron chi connectivity index (χ2n) is 3.52. The van der Waals surface area contributed by atoms with Crippen molar-refractivity contribution >= 4 is 7.85 Å². The largest absolute Gasteiger partial charge is 0.371 e. The average molecular weight is 175 g/mol. The van der Waals surface area contributed by atoms with Crippen LogP contribution < -0.4 is 0 Å². The average Bonchev–Trinajstić information content (AvgIpc) is 2.67. The van der Waals surface area contributed by atoms with E-state index >= 15 is 0 Å². The zero-order valence-electron chi connectivity index (χ0n) is 7.94. The van der Waals surface area contributed by atoms with Gasteiger partial charge in [-0.25, -0.2) is 0 Å². The maximum Gasteiger partial charge on any atom is 0.104 e. The molecule has 1 aromatic rings. The van der Waals surface area contributed by atoms with E-state index in [9.17, 15) is 0 Å². The van der Waals surface area contributed by atoms with E-state index in [1.165, 1.54) is 12.0 Å². The zero-order chi connectivity index (χ0) is 9.10. The Bertz CT molecular complexity index is 265. The number of hydrogen-bond acceptors (Lipinski definition) is 2. The molecular formula is C10H14BNO. The third kappa shape index (κ3) is 1.91. The monoisotopic (exact) mass is 175 g/mol. The van der Waals surface area contributed by atoms with Crippen molar-refractivity contribution in [2.24, 2.45) is 0 Å². The lowest BCUT2D eigenvalue weighted by Gasteiger charge is -2.11. The van der Waals surface area contributed by atoms with E-state index in [1.54, 1.807) is 6.20 Å². The van der Waals surface area contributed by atoms with E-state index in [1.807, 2.05) is 12.3 Å². The van der Waals surface area contributed by atoms with Gasteiger partial charge in [-0.3, -0.25) is 4.98 Å². The highest BCUT2D eigenvalue weighted by atomic mass is 16.5. The van der Waals surface area contributed by atoms with Gasteiger partial charge in [-0.1, -0.05) is 12.4 Å². The maximum atomic E-state index is 5.86. The normalized spacial score (nSPS) is 27.7. The summed E-state index contributed by atoms with van der Waals surface area (Å²) in [5, 5.41) is 0. The molecule has 1 aliphatic rings. The molecule has 0 saturated carbocycles. The molecule has 0 bridgehead atoms. The molecule has 1 saturated heterocycles. The Morgan fingerprint density at radius 1 is 1.54 bits per heavy atom. The summed E-state index contributed by atoms with van der Waals surface area (Å²) in [5.74, 6) is 0. The van der Waals surface area contributed by atoms with Crippen molar-refractivity contribution in [1.29, 1.82) is 0 Å². The highest BCUT2D eigenvalue weighted by Crippen LogP contribution is 2.32. The second-order valence-corrected chi connectivity index (χ2v) is 3.52. The van der Waals surface area contributed by atoms with Crippen LogP contribution in [0.1, 0.15) is 24.5 Å². The molecule has 1 aromatic heterocycles. The van der Waals surface area contributed by atoms with Gasteiger partial charge in [-0.2, -0.15) is 0 Å². The first-order valence-electron chi connectivity index (χ1n) is 4.95. The molecular weight excluding hydrogens is 161 g/mol. The second kappa shape index (κ2) is 3.92. The van der Waals surface area contributed by atoms with Gasteiger partial charge in [0.2, 0.25) is 0 Å². The van der Waals surface area contributed by atoms with Gasteiger partial charge in [0.05, 0.1) is 12.2 Å². The van der Waals surface area contributed by atoms with Crippen molar-refractivity contribution in [3.8, 4) is 0 Å². The molecule has 0 spiro atoms. The fourth-order valence-corrected chi connectivity index (χ4v) is 1.82. The molecule has 0 radical (unpaired) electrons. The Morgan fingerprint density at radius 3 is 3.08 bits per heavy atom. The summed E-state index contributed by atoms with van der Waals surface area (Å²) in [5.41, 5.74) is 1.22. The van der Waals surface area contributed by atoms with E-state index in [2.05, 4.69) is 18.9 Å². The van der Waals surface area contributed by atoms with Crippen LogP contribution >= 0.6 is 0 Å². The number of hydrogen-bond donors (Lipinski definition) is 0. The molecule has 3 heteroatoms. The van der Waals surface area contributed by atoms with Crippen LogP contribution in [0.25, 0.3) is 0 Å². The first kappa shape index (κ1) is 8.76. The van der Waals surface area contributed by atoms with Crippen LogP contribution in [-0.2, 0) is 4.74 Å². The van der Waals surface area contributed by atoms with E-state index in [4.69, 9.17) is 4.74 Å². The summed E-state index contributed by atoms with van der Waals surface area (Å²) in [4.78, 5) is 4.10. The van der Waals surface area contributed by atoms with E-state index in [-0.39, 0.29) is 0 Å². The van der Waals surface area contributed by atoms with E-state index < -0.39 is 0 Å². The molecule has 0 amide bonds. The van der Waals surface area contributed by atoms with Gasteiger partial charge in [0.1, 0.15) is 7.85 Å². The molecule has 0 aromatic carbocycles. The van der Waals surface area contributed by atoms with Crippen LogP contribution in [0.15, 0.2) is 24.5 Å². The van der Waals surface area contributed by atoms with Crippen LogP contribution in [0.4, 0.5) is 0 Å². The molecule has 2 unspecified atom stereocenters. The number of pyridine rings is 1. The highest BCUT2D eigenvalue weighted by Gasteiger charge is 2.24. The number of ether oxygens (including phenoxy) is 1. The smallest absolute Gasteiger partial charge is 0.104 e. The number of nitrogens with zero attached hydrogens (tertiary/aromatic N) is 1. The van der Waals surface area contributed by atoms with Crippen molar-refractivity contribution in [2.45, 2.75) is 31.4 Å². The van der Waals surface area contributed by atoms with Crippen molar-refractivity contribution in [3.05, 3.63) is 30.1 Å². The molecule has 2 heterocycles. The predicted molar refractivity (Wildman–Crippen MR) is 54.4 cm³/mol. The first-order valence-corrected chi connectivity index (χ1v) is 4.95. The van der Waals surface area contributed by atoms with Gasteiger partial charge in [0, 0.05) is 12.4 Å². The lowest BCUT2D eigenvalue weighted by atomic mass is 9.97. The topological polar surface area (TPSA) is 22.1 Å². The van der Waals surface area contributed by atoms with Gasteiger partial charge in [0.25, 0.3) is 0 Å². The maximum absolute atomic E-state index is 5.86. The van der Waals surface area contributed by atoms with Crippen LogP contribution in [0.5, 0.6) is 0 Å². The number of rotatable bonds is 2. The SMILES string of the molecule is BCC1CCC(c2cccnc2)O1. The molecule has 1 fully saturated rings. The van der Waals surface area contributed by atoms with Gasteiger partial charge in [-0.05, 0) is 24.5 Å². The van der Waals surface area contributed by atoms with Gasteiger partial charge >= 0.3 is 0 Å². The molecule has 68 valence electrons. The van der Waals surface area contributed by atoms with Crippen molar-refractivity contribution in [3.63, 3.8) is 0 Å². The molecule has 0 N–H and O–H groups in total.